The number of aromatic nitrogens is 4. The Bertz CT molecular complexity index is 1190. The van der Waals surface area contributed by atoms with Crippen molar-refractivity contribution in [2.24, 2.45) is 0 Å². The van der Waals surface area contributed by atoms with Gasteiger partial charge in [-0.15, -0.1) is 11.3 Å². The summed E-state index contributed by atoms with van der Waals surface area (Å²) in [6.45, 7) is 2.22. The quantitative estimate of drug-likeness (QED) is 0.357. The Morgan fingerprint density at radius 1 is 1.36 bits per heavy atom. The SMILES string of the molecule is CCCn1c(N)c(C(=O)CSc2ncnc3sc4c(c23)CCC4)c(=O)[nH]c1=O. The molecule has 10 heteroatoms. The molecule has 1 aliphatic rings. The maximum Gasteiger partial charge on any atom is 0.329 e. The summed E-state index contributed by atoms with van der Waals surface area (Å²) in [4.78, 5) is 50.1. The summed E-state index contributed by atoms with van der Waals surface area (Å²) in [7, 11) is 0. The molecule has 3 aromatic heterocycles. The second kappa shape index (κ2) is 7.51. The van der Waals surface area contributed by atoms with Gasteiger partial charge in [0.2, 0.25) is 0 Å². The molecule has 0 aliphatic heterocycles. The summed E-state index contributed by atoms with van der Waals surface area (Å²) in [5.74, 6) is -0.494. The first-order chi connectivity index (χ1) is 13.5. The molecular weight excluding hydrogens is 398 g/mol. The Morgan fingerprint density at radius 2 is 2.18 bits per heavy atom. The molecule has 1 aliphatic carbocycles. The van der Waals surface area contributed by atoms with Crippen LogP contribution >= 0.6 is 23.1 Å². The number of aromatic amines is 1. The molecule has 0 saturated heterocycles. The predicted molar refractivity (Wildman–Crippen MR) is 111 cm³/mol. The number of nitrogen functional groups attached to an aromatic ring is 1. The fourth-order valence-electron chi connectivity index (χ4n) is 3.52. The van der Waals surface area contributed by atoms with Crippen molar-refractivity contribution in [2.75, 3.05) is 11.5 Å². The molecule has 4 rings (SSSR count). The first-order valence-electron chi connectivity index (χ1n) is 9.05. The number of nitrogens with zero attached hydrogens (tertiary/aromatic N) is 3. The largest absolute Gasteiger partial charge is 0.384 e. The number of carbonyl (C=O) groups is 1. The minimum absolute atomic E-state index is 0.00828. The van der Waals surface area contributed by atoms with Crippen LogP contribution in [0, 0.1) is 0 Å². The van der Waals surface area contributed by atoms with Crippen molar-refractivity contribution in [3.05, 3.63) is 43.2 Å². The van der Waals surface area contributed by atoms with Crippen molar-refractivity contribution in [3.63, 3.8) is 0 Å². The molecular formula is C18H19N5O3S2. The smallest absolute Gasteiger partial charge is 0.329 e. The zero-order valence-corrected chi connectivity index (χ0v) is 16.9. The molecule has 0 spiro atoms. The van der Waals surface area contributed by atoms with Gasteiger partial charge in [0, 0.05) is 16.8 Å². The zero-order chi connectivity index (χ0) is 19.8. The zero-order valence-electron chi connectivity index (χ0n) is 15.3. The number of ketones is 1. The molecule has 0 bridgehead atoms. The van der Waals surface area contributed by atoms with E-state index >= 15 is 0 Å². The number of Topliss-reactive ketones (excluding diaryl/α,β-unsaturated/α-hetero) is 1. The number of hydrogen-bond donors (Lipinski definition) is 2. The van der Waals surface area contributed by atoms with Gasteiger partial charge in [-0.2, -0.15) is 0 Å². The molecule has 3 heterocycles. The summed E-state index contributed by atoms with van der Waals surface area (Å²) in [6.07, 6.45) is 5.34. The van der Waals surface area contributed by atoms with E-state index in [9.17, 15) is 14.4 Å². The standard InChI is InChI=1S/C18H19N5O3S2/c1-2-6-23-14(19)13(15(25)22-18(23)26)10(24)7-27-16-12-9-4-3-5-11(9)28-17(12)21-8-20-16/h8H,2-7,19H2,1H3,(H,22,25,26). The molecule has 146 valence electrons. The van der Waals surface area contributed by atoms with Crippen molar-refractivity contribution < 1.29 is 4.79 Å². The lowest BCUT2D eigenvalue weighted by molar-refractivity contribution is 0.102. The molecule has 0 fully saturated rings. The van der Waals surface area contributed by atoms with Gasteiger partial charge in [-0.3, -0.25) is 19.1 Å². The van der Waals surface area contributed by atoms with Gasteiger partial charge in [-0.1, -0.05) is 18.7 Å². The summed E-state index contributed by atoms with van der Waals surface area (Å²) >= 11 is 2.96. The molecule has 28 heavy (non-hydrogen) atoms. The first-order valence-corrected chi connectivity index (χ1v) is 10.8. The molecule has 3 N–H and O–H groups in total. The van der Waals surface area contributed by atoms with Gasteiger partial charge in [0.25, 0.3) is 5.56 Å². The van der Waals surface area contributed by atoms with E-state index in [1.54, 1.807) is 11.3 Å². The lowest BCUT2D eigenvalue weighted by Crippen LogP contribution is -2.36. The number of aryl methyl sites for hydroxylation is 2. The number of thiophene rings is 1. The fraction of sp³-hybridized carbons (Fsp3) is 0.389. The van der Waals surface area contributed by atoms with Gasteiger partial charge < -0.3 is 5.73 Å². The second-order valence-electron chi connectivity index (χ2n) is 6.60. The van der Waals surface area contributed by atoms with Crippen molar-refractivity contribution >= 4 is 44.9 Å². The first kappa shape index (κ1) is 18.9. The average Bonchev–Trinajstić information content (AvgIpc) is 3.24. The Kier molecular flexibility index (Phi) is 5.07. The van der Waals surface area contributed by atoms with E-state index < -0.39 is 17.0 Å². The van der Waals surface area contributed by atoms with Gasteiger partial charge in [0.1, 0.15) is 27.6 Å². The predicted octanol–water partition coefficient (Wildman–Crippen LogP) is 2.00. The van der Waals surface area contributed by atoms with Crippen LogP contribution < -0.4 is 17.0 Å². The Balaban J connectivity index is 1.64. The maximum absolute atomic E-state index is 12.8. The number of hydrogen-bond acceptors (Lipinski definition) is 8. The molecule has 0 saturated carbocycles. The highest BCUT2D eigenvalue weighted by Gasteiger charge is 2.23. The molecule has 3 aromatic rings. The number of nitrogens with one attached hydrogen (secondary N) is 1. The number of rotatable bonds is 6. The van der Waals surface area contributed by atoms with E-state index in [0.29, 0.717) is 13.0 Å². The number of anilines is 1. The highest BCUT2D eigenvalue weighted by Crippen LogP contribution is 2.40. The summed E-state index contributed by atoms with van der Waals surface area (Å²) < 4.78 is 1.23. The highest BCUT2D eigenvalue weighted by atomic mass is 32.2. The molecule has 0 amide bonds. The number of nitrogens with two attached hydrogens (primary N) is 1. The maximum atomic E-state index is 12.8. The molecule has 8 nitrogen and oxygen atoms in total. The third kappa shape index (κ3) is 3.16. The lowest BCUT2D eigenvalue weighted by atomic mass is 10.2. The monoisotopic (exact) mass is 417 g/mol. The molecule has 0 radical (unpaired) electrons. The number of carbonyl (C=O) groups excluding carboxylic acids is 1. The third-order valence-electron chi connectivity index (χ3n) is 4.77. The van der Waals surface area contributed by atoms with Gasteiger partial charge in [0.05, 0.1) is 5.75 Å². The van der Waals surface area contributed by atoms with Crippen molar-refractivity contribution in [3.8, 4) is 0 Å². The normalized spacial score (nSPS) is 13.2. The van der Waals surface area contributed by atoms with E-state index in [1.165, 1.54) is 33.1 Å². The van der Waals surface area contributed by atoms with E-state index in [-0.39, 0.29) is 17.1 Å². The fourth-order valence-corrected chi connectivity index (χ4v) is 5.71. The van der Waals surface area contributed by atoms with Crippen LogP contribution in [0.2, 0.25) is 0 Å². The van der Waals surface area contributed by atoms with Crippen LogP contribution in [-0.2, 0) is 19.4 Å². The van der Waals surface area contributed by atoms with Crippen molar-refractivity contribution in [1.82, 2.24) is 19.5 Å². The summed E-state index contributed by atoms with van der Waals surface area (Å²) in [5, 5.41) is 1.77. The average molecular weight is 418 g/mol. The van der Waals surface area contributed by atoms with Crippen LogP contribution in [0.3, 0.4) is 0 Å². The number of H-pyrrole nitrogens is 1. The van der Waals surface area contributed by atoms with E-state index in [2.05, 4.69) is 15.0 Å². The second-order valence-corrected chi connectivity index (χ2v) is 8.65. The minimum atomic E-state index is -0.746. The third-order valence-corrected chi connectivity index (χ3v) is 6.96. The summed E-state index contributed by atoms with van der Waals surface area (Å²) in [5.41, 5.74) is 5.75. The minimum Gasteiger partial charge on any atom is -0.384 e. The number of fused-ring (bicyclic) bond motifs is 3. The van der Waals surface area contributed by atoms with E-state index in [0.717, 1.165) is 34.5 Å². The van der Waals surface area contributed by atoms with Gasteiger partial charge in [0.15, 0.2) is 5.78 Å². The van der Waals surface area contributed by atoms with Crippen LogP contribution in [0.15, 0.2) is 20.9 Å². The van der Waals surface area contributed by atoms with Gasteiger partial charge in [-0.25, -0.2) is 14.8 Å². The van der Waals surface area contributed by atoms with Crippen LogP contribution in [0.4, 0.5) is 5.82 Å². The van der Waals surface area contributed by atoms with Crippen molar-refractivity contribution in [2.45, 2.75) is 44.2 Å². The Hall–Kier alpha value is -2.46. The Labute approximate surface area is 168 Å². The summed E-state index contributed by atoms with van der Waals surface area (Å²) in [6, 6.07) is 0. The molecule has 0 aromatic carbocycles. The molecule has 0 unspecified atom stereocenters. The van der Waals surface area contributed by atoms with Crippen LogP contribution in [0.1, 0.15) is 40.6 Å². The van der Waals surface area contributed by atoms with Crippen LogP contribution in [0.5, 0.6) is 0 Å². The van der Waals surface area contributed by atoms with Gasteiger partial charge in [-0.05, 0) is 31.2 Å². The van der Waals surface area contributed by atoms with Gasteiger partial charge >= 0.3 is 5.69 Å². The van der Waals surface area contributed by atoms with Crippen LogP contribution in [0.25, 0.3) is 10.2 Å². The van der Waals surface area contributed by atoms with Crippen LogP contribution in [-0.4, -0.2) is 31.1 Å². The van der Waals surface area contributed by atoms with Crippen molar-refractivity contribution in [1.29, 1.82) is 0 Å². The topological polar surface area (TPSA) is 124 Å². The number of thioether (sulfide) groups is 1. The molecule has 0 atom stereocenters. The van der Waals surface area contributed by atoms with E-state index in [1.807, 2.05) is 6.92 Å². The Morgan fingerprint density at radius 3 is 2.96 bits per heavy atom. The lowest BCUT2D eigenvalue weighted by Gasteiger charge is -2.11. The van der Waals surface area contributed by atoms with E-state index in [4.69, 9.17) is 5.73 Å². The highest BCUT2D eigenvalue weighted by molar-refractivity contribution is 8.00.